The normalized spacial score (nSPS) is 38.9. The molecule has 1 aliphatic carbocycles. The van der Waals surface area contributed by atoms with Crippen LogP contribution < -0.4 is 0 Å². The van der Waals surface area contributed by atoms with Crippen molar-refractivity contribution in [2.75, 3.05) is 19.8 Å². The second-order valence-corrected chi connectivity index (χ2v) is 3.96. The second-order valence-electron chi connectivity index (χ2n) is 3.96. The Kier molecular flexibility index (Phi) is 2.77. The van der Waals surface area contributed by atoms with Gasteiger partial charge in [0, 0.05) is 11.8 Å². The molecule has 0 spiro atoms. The van der Waals surface area contributed by atoms with E-state index in [-0.39, 0.29) is 31.7 Å². The lowest BCUT2D eigenvalue weighted by atomic mass is 9.82. The smallest absolute Gasteiger partial charge is 0.312 e. The summed E-state index contributed by atoms with van der Waals surface area (Å²) >= 11 is 0. The molecule has 0 amide bonds. The van der Waals surface area contributed by atoms with Gasteiger partial charge in [-0.15, -0.1) is 0 Å². The Morgan fingerprint density at radius 1 is 1.20 bits per heavy atom. The third-order valence-electron chi connectivity index (χ3n) is 3.29. The molecule has 0 saturated carbocycles. The maximum atomic E-state index is 11.3. The number of hydrogen-bond acceptors (Lipinski definition) is 5. The van der Waals surface area contributed by atoms with Crippen LogP contribution in [0.4, 0.5) is 0 Å². The summed E-state index contributed by atoms with van der Waals surface area (Å²) in [6.45, 7) is -0.558. The molecule has 2 aliphatic rings. The predicted octanol–water partition coefficient (Wildman–Crippen LogP) is -1.32. The van der Waals surface area contributed by atoms with Gasteiger partial charge in [0.25, 0.3) is 0 Å². The van der Waals surface area contributed by atoms with E-state index in [9.17, 15) is 9.90 Å². The number of aliphatic hydroxyl groups excluding tert-OH is 3. The molecule has 84 valence electrons. The largest absolute Gasteiger partial charge is 0.457 e. The van der Waals surface area contributed by atoms with Crippen molar-refractivity contribution in [1.82, 2.24) is 0 Å². The third kappa shape index (κ3) is 1.47. The Hall–Kier alpha value is -0.910. The molecule has 0 radical (unpaired) electrons. The van der Waals surface area contributed by atoms with E-state index in [4.69, 9.17) is 14.9 Å². The topological polar surface area (TPSA) is 87.0 Å². The van der Waals surface area contributed by atoms with Crippen LogP contribution in [-0.4, -0.2) is 47.2 Å². The van der Waals surface area contributed by atoms with E-state index >= 15 is 0 Å². The average molecular weight is 214 g/mol. The summed E-state index contributed by atoms with van der Waals surface area (Å²) < 4.78 is 5.06. The Morgan fingerprint density at radius 2 is 1.87 bits per heavy atom. The van der Waals surface area contributed by atoms with Crippen LogP contribution in [0.25, 0.3) is 0 Å². The lowest BCUT2D eigenvalue weighted by molar-refractivity contribution is -0.143. The minimum atomic E-state index is -0.576. The fraction of sp³-hybridized carbons (Fsp3) is 0.700. The van der Waals surface area contributed by atoms with Gasteiger partial charge in [-0.25, -0.2) is 0 Å². The summed E-state index contributed by atoms with van der Waals surface area (Å²) in [7, 11) is 0. The fourth-order valence-electron chi connectivity index (χ4n) is 2.53. The summed E-state index contributed by atoms with van der Waals surface area (Å²) in [6, 6.07) is 0. The highest BCUT2D eigenvalue weighted by atomic mass is 16.6. The molecule has 0 aromatic heterocycles. The van der Waals surface area contributed by atoms with Crippen molar-refractivity contribution < 1.29 is 24.9 Å². The van der Waals surface area contributed by atoms with Gasteiger partial charge in [-0.1, -0.05) is 0 Å². The molecule has 0 unspecified atom stereocenters. The van der Waals surface area contributed by atoms with Gasteiger partial charge >= 0.3 is 5.97 Å². The van der Waals surface area contributed by atoms with Crippen LogP contribution >= 0.6 is 0 Å². The van der Waals surface area contributed by atoms with Gasteiger partial charge in [0.1, 0.15) is 6.10 Å². The van der Waals surface area contributed by atoms with Crippen LogP contribution in [0.1, 0.15) is 0 Å². The average Bonchev–Trinajstić information content (AvgIpc) is 2.71. The number of rotatable bonds is 3. The van der Waals surface area contributed by atoms with E-state index < -0.39 is 18.0 Å². The number of hydrogen-bond donors (Lipinski definition) is 3. The number of carbonyl (C=O) groups excluding carboxylic acids is 1. The molecule has 1 heterocycles. The van der Waals surface area contributed by atoms with Gasteiger partial charge in [-0.3, -0.25) is 4.79 Å². The lowest BCUT2D eigenvalue weighted by Crippen LogP contribution is -2.29. The minimum absolute atomic E-state index is 0.138. The number of fused-ring (bicyclic) bond motifs is 1. The molecule has 4 atom stereocenters. The second kappa shape index (κ2) is 3.92. The van der Waals surface area contributed by atoms with Crippen molar-refractivity contribution in [3.63, 3.8) is 0 Å². The number of esters is 1. The molecular weight excluding hydrogens is 200 g/mol. The van der Waals surface area contributed by atoms with Crippen LogP contribution in [-0.2, 0) is 9.53 Å². The van der Waals surface area contributed by atoms with Gasteiger partial charge in [-0.05, 0) is 11.6 Å². The van der Waals surface area contributed by atoms with Gasteiger partial charge < -0.3 is 20.1 Å². The molecular formula is C10H14O5. The van der Waals surface area contributed by atoms with E-state index in [2.05, 4.69) is 0 Å². The highest BCUT2D eigenvalue weighted by Gasteiger charge is 2.51. The van der Waals surface area contributed by atoms with Gasteiger partial charge in [0.15, 0.2) is 0 Å². The van der Waals surface area contributed by atoms with E-state index in [0.29, 0.717) is 5.57 Å². The summed E-state index contributed by atoms with van der Waals surface area (Å²) in [4.78, 5) is 11.3. The third-order valence-corrected chi connectivity index (χ3v) is 3.29. The zero-order valence-electron chi connectivity index (χ0n) is 8.17. The lowest BCUT2D eigenvalue weighted by Gasteiger charge is -2.20. The summed E-state index contributed by atoms with van der Waals surface area (Å²) in [5, 5.41) is 27.4. The fourth-order valence-corrected chi connectivity index (χ4v) is 2.53. The zero-order valence-corrected chi connectivity index (χ0v) is 8.17. The molecule has 3 N–H and O–H groups in total. The minimum Gasteiger partial charge on any atom is -0.457 e. The number of ether oxygens (including phenoxy) is 1. The molecule has 1 aliphatic heterocycles. The Balaban J connectivity index is 2.25. The van der Waals surface area contributed by atoms with E-state index in [1.807, 2.05) is 0 Å². The molecule has 2 rings (SSSR count). The highest BCUT2D eigenvalue weighted by Crippen LogP contribution is 2.43. The van der Waals surface area contributed by atoms with Crippen molar-refractivity contribution in [2.45, 2.75) is 6.10 Å². The summed E-state index contributed by atoms with van der Waals surface area (Å²) in [5.41, 5.74) is 0.693. The first kappa shape index (κ1) is 10.6. The van der Waals surface area contributed by atoms with Crippen LogP contribution in [0.5, 0.6) is 0 Å². The molecule has 0 aromatic rings. The van der Waals surface area contributed by atoms with Crippen LogP contribution in [0.3, 0.4) is 0 Å². The highest BCUT2D eigenvalue weighted by molar-refractivity contribution is 5.76. The monoisotopic (exact) mass is 214 g/mol. The van der Waals surface area contributed by atoms with E-state index in [1.54, 1.807) is 6.08 Å². The van der Waals surface area contributed by atoms with Crippen molar-refractivity contribution in [2.24, 2.45) is 17.8 Å². The van der Waals surface area contributed by atoms with Crippen molar-refractivity contribution in [1.29, 1.82) is 0 Å². The van der Waals surface area contributed by atoms with Gasteiger partial charge in [0.2, 0.25) is 0 Å². The molecule has 1 fully saturated rings. The van der Waals surface area contributed by atoms with E-state index in [1.165, 1.54) is 0 Å². The number of carbonyl (C=O) groups is 1. The maximum absolute atomic E-state index is 11.3. The summed E-state index contributed by atoms with van der Waals surface area (Å²) in [5.74, 6) is -1.50. The van der Waals surface area contributed by atoms with Crippen LogP contribution in [0, 0.1) is 17.8 Å². The zero-order chi connectivity index (χ0) is 11.0. The Labute approximate surface area is 87.0 Å². The number of aliphatic hydroxyl groups is 3. The molecule has 1 saturated heterocycles. The maximum Gasteiger partial charge on any atom is 0.312 e. The SMILES string of the molecule is O=C1O[C@H]2C=C(CO)[C@@H](CO)[C@H]2[C@H]1CO. The van der Waals surface area contributed by atoms with Crippen LogP contribution in [0.2, 0.25) is 0 Å². The Bertz CT molecular complexity index is 298. The summed E-state index contributed by atoms with van der Waals surface area (Å²) in [6.07, 6.45) is 1.29. The molecule has 15 heavy (non-hydrogen) atoms. The van der Waals surface area contributed by atoms with Crippen molar-refractivity contribution in [3.05, 3.63) is 11.6 Å². The predicted molar refractivity (Wildman–Crippen MR) is 49.7 cm³/mol. The molecule has 0 aromatic carbocycles. The Morgan fingerprint density at radius 3 is 2.40 bits per heavy atom. The first-order chi connectivity index (χ1) is 7.22. The first-order valence-corrected chi connectivity index (χ1v) is 4.96. The van der Waals surface area contributed by atoms with Crippen molar-refractivity contribution in [3.8, 4) is 0 Å². The van der Waals surface area contributed by atoms with E-state index in [0.717, 1.165) is 0 Å². The van der Waals surface area contributed by atoms with Gasteiger partial charge in [0.05, 0.1) is 25.7 Å². The first-order valence-electron chi connectivity index (χ1n) is 4.96. The van der Waals surface area contributed by atoms with Crippen molar-refractivity contribution >= 4 is 5.97 Å². The standard InChI is InChI=1S/C10H14O5/c11-2-5-1-8-9(6(5)3-12)7(4-13)10(14)15-8/h1,6-9,11-13H,2-4H2/t6-,7-,8+,9+/m1/s1. The van der Waals surface area contributed by atoms with Crippen LogP contribution in [0.15, 0.2) is 11.6 Å². The molecule has 5 nitrogen and oxygen atoms in total. The quantitative estimate of drug-likeness (QED) is 0.400. The molecule has 0 bridgehead atoms. The van der Waals surface area contributed by atoms with Gasteiger partial charge in [-0.2, -0.15) is 0 Å². The molecule has 5 heteroatoms.